The SMILES string of the molecule is C=Nc1nc(Nc2cnc(C)c(-n3nccn3)c2)c(C#N)cc1F. The van der Waals surface area contributed by atoms with E-state index in [9.17, 15) is 4.39 Å². The molecule has 0 fully saturated rings. The molecule has 0 atom stereocenters. The van der Waals surface area contributed by atoms with Crippen LogP contribution >= 0.6 is 0 Å². The van der Waals surface area contributed by atoms with Gasteiger partial charge >= 0.3 is 0 Å². The van der Waals surface area contributed by atoms with Crippen molar-refractivity contribution in [2.24, 2.45) is 4.99 Å². The predicted molar refractivity (Wildman–Crippen MR) is 85.3 cm³/mol. The lowest BCUT2D eigenvalue weighted by atomic mass is 10.2. The highest BCUT2D eigenvalue weighted by molar-refractivity contribution is 5.66. The average Bonchev–Trinajstić information content (AvgIpc) is 3.12. The Morgan fingerprint density at radius 3 is 2.75 bits per heavy atom. The molecule has 0 aliphatic carbocycles. The molecule has 0 saturated heterocycles. The fourth-order valence-electron chi connectivity index (χ4n) is 2.04. The van der Waals surface area contributed by atoms with Crippen LogP contribution in [0.15, 0.2) is 35.7 Å². The van der Waals surface area contributed by atoms with Crippen LogP contribution in [0.4, 0.5) is 21.7 Å². The summed E-state index contributed by atoms with van der Waals surface area (Å²) >= 11 is 0. The number of aryl methyl sites for hydroxylation is 1. The van der Waals surface area contributed by atoms with E-state index >= 15 is 0 Å². The van der Waals surface area contributed by atoms with Gasteiger partial charge in [0.2, 0.25) is 0 Å². The summed E-state index contributed by atoms with van der Waals surface area (Å²) in [5, 5.41) is 20.2. The van der Waals surface area contributed by atoms with Crippen molar-refractivity contribution in [2.75, 3.05) is 5.32 Å². The molecule has 0 aromatic carbocycles. The first-order valence-electron chi connectivity index (χ1n) is 6.80. The van der Waals surface area contributed by atoms with E-state index < -0.39 is 5.82 Å². The molecule has 1 N–H and O–H groups in total. The topological polar surface area (TPSA) is 105 Å². The number of halogens is 1. The molecule has 24 heavy (non-hydrogen) atoms. The van der Waals surface area contributed by atoms with Gasteiger partial charge in [-0.3, -0.25) is 4.98 Å². The largest absolute Gasteiger partial charge is 0.338 e. The van der Waals surface area contributed by atoms with E-state index in [1.165, 1.54) is 4.80 Å². The number of nitriles is 1. The van der Waals surface area contributed by atoms with Crippen molar-refractivity contribution in [3.05, 3.63) is 47.8 Å². The molecule has 3 aromatic rings. The summed E-state index contributed by atoms with van der Waals surface area (Å²) in [6.45, 7) is 5.08. The normalized spacial score (nSPS) is 10.2. The van der Waals surface area contributed by atoms with Gasteiger partial charge in [-0.1, -0.05) is 0 Å². The van der Waals surface area contributed by atoms with Gasteiger partial charge in [0, 0.05) is 0 Å². The van der Waals surface area contributed by atoms with Crippen LogP contribution in [-0.4, -0.2) is 31.7 Å². The number of aromatic nitrogens is 5. The summed E-state index contributed by atoms with van der Waals surface area (Å²) in [4.78, 5) is 13.2. The minimum absolute atomic E-state index is 0.0410. The average molecular weight is 322 g/mol. The Morgan fingerprint density at radius 1 is 1.33 bits per heavy atom. The lowest BCUT2D eigenvalue weighted by Crippen LogP contribution is -2.05. The summed E-state index contributed by atoms with van der Waals surface area (Å²) in [6.07, 6.45) is 4.67. The van der Waals surface area contributed by atoms with Crippen molar-refractivity contribution >= 4 is 24.0 Å². The van der Waals surface area contributed by atoms with Gasteiger partial charge in [0.05, 0.1) is 35.5 Å². The molecule has 0 aliphatic rings. The van der Waals surface area contributed by atoms with Crippen LogP contribution in [0.3, 0.4) is 0 Å². The molecule has 9 heteroatoms. The van der Waals surface area contributed by atoms with Gasteiger partial charge in [0.25, 0.3) is 0 Å². The van der Waals surface area contributed by atoms with Crippen molar-refractivity contribution in [1.29, 1.82) is 5.26 Å². The number of hydrogen-bond donors (Lipinski definition) is 1. The van der Waals surface area contributed by atoms with E-state index in [0.29, 0.717) is 11.4 Å². The van der Waals surface area contributed by atoms with Gasteiger partial charge in [0.1, 0.15) is 11.8 Å². The number of nitrogens with one attached hydrogen (secondary N) is 1. The van der Waals surface area contributed by atoms with E-state index in [2.05, 4.69) is 37.2 Å². The highest BCUT2D eigenvalue weighted by Gasteiger charge is 2.12. The summed E-state index contributed by atoms with van der Waals surface area (Å²) in [5.74, 6) is -0.743. The van der Waals surface area contributed by atoms with Gasteiger partial charge in [-0.15, -0.1) is 4.80 Å². The minimum Gasteiger partial charge on any atom is -0.338 e. The summed E-state index contributed by atoms with van der Waals surface area (Å²) in [7, 11) is 0. The Kier molecular flexibility index (Phi) is 3.94. The number of anilines is 2. The van der Waals surface area contributed by atoms with E-state index in [1.54, 1.807) is 24.7 Å². The number of pyridine rings is 2. The molecule has 0 aliphatic heterocycles. The van der Waals surface area contributed by atoms with Crippen LogP contribution < -0.4 is 5.32 Å². The second-order valence-electron chi connectivity index (χ2n) is 4.73. The van der Waals surface area contributed by atoms with Gasteiger partial charge in [-0.05, 0) is 25.8 Å². The Bertz CT molecular complexity index is 943. The maximum Gasteiger partial charge on any atom is 0.189 e. The molecule has 8 nitrogen and oxygen atoms in total. The molecular weight excluding hydrogens is 311 g/mol. The maximum atomic E-state index is 13.7. The first-order chi connectivity index (χ1) is 11.6. The highest BCUT2D eigenvalue weighted by Crippen LogP contribution is 2.25. The van der Waals surface area contributed by atoms with Gasteiger partial charge in [-0.2, -0.15) is 15.5 Å². The molecule has 0 saturated carbocycles. The van der Waals surface area contributed by atoms with Crippen molar-refractivity contribution in [2.45, 2.75) is 6.92 Å². The van der Waals surface area contributed by atoms with Crippen molar-refractivity contribution in [1.82, 2.24) is 25.0 Å². The number of rotatable bonds is 4. The van der Waals surface area contributed by atoms with Gasteiger partial charge < -0.3 is 5.32 Å². The molecule has 3 heterocycles. The maximum absolute atomic E-state index is 13.7. The number of nitrogens with zero attached hydrogens (tertiary/aromatic N) is 7. The van der Waals surface area contributed by atoms with E-state index in [0.717, 1.165) is 11.8 Å². The Balaban J connectivity index is 2.02. The lowest BCUT2D eigenvalue weighted by molar-refractivity contribution is 0.624. The van der Waals surface area contributed by atoms with Crippen LogP contribution in [0, 0.1) is 24.1 Å². The third-order valence-corrected chi connectivity index (χ3v) is 3.18. The summed E-state index contributed by atoms with van der Waals surface area (Å²) < 4.78 is 13.7. The highest BCUT2D eigenvalue weighted by atomic mass is 19.1. The molecule has 118 valence electrons. The smallest absolute Gasteiger partial charge is 0.189 e. The quantitative estimate of drug-likeness (QED) is 0.740. The number of aliphatic imine (C=N–C) groups is 1. The van der Waals surface area contributed by atoms with Gasteiger partial charge in [0.15, 0.2) is 17.5 Å². The van der Waals surface area contributed by atoms with Crippen LogP contribution in [-0.2, 0) is 0 Å². The molecule has 0 bridgehead atoms. The number of hydrogen-bond acceptors (Lipinski definition) is 7. The van der Waals surface area contributed by atoms with E-state index in [4.69, 9.17) is 5.26 Å². The molecular formula is C15H11FN8. The fraction of sp³-hybridized carbons (Fsp3) is 0.0667. The molecule has 0 unspecified atom stereocenters. The van der Waals surface area contributed by atoms with E-state index in [-0.39, 0.29) is 17.2 Å². The third-order valence-electron chi connectivity index (χ3n) is 3.18. The molecule has 0 spiro atoms. The standard InChI is InChI=1S/C15H11FN8/c1-9-13(24-20-3-4-21-24)6-11(8-19-9)22-14-10(7-17)5-12(16)15(18-2)23-14/h3-6,8H,2H2,1H3,(H,22,23). The summed E-state index contributed by atoms with van der Waals surface area (Å²) in [6, 6.07) is 4.68. The van der Waals surface area contributed by atoms with Crippen molar-refractivity contribution < 1.29 is 4.39 Å². The zero-order valence-corrected chi connectivity index (χ0v) is 12.6. The van der Waals surface area contributed by atoms with Crippen LogP contribution in [0.5, 0.6) is 0 Å². The minimum atomic E-state index is -0.712. The van der Waals surface area contributed by atoms with Gasteiger partial charge in [-0.25, -0.2) is 14.4 Å². The second kappa shape index (κ2) is 6.21. The van der Waals surface area contributed by atoms with Crippen LogP contribution in [0.1, 0.15) is 11.3 Å². The third kappa shape index (κ3) is 2.80. The zero-order valence-electron chi connectivity index (χ0n) is 12.6. The monoisotopic (exact) mass is 322 g/mol. The fourth-order valence-corrected chi connectivity index (χ4v) is 2.04. The lowest BCUT2D eigenvalue weighted by Gasteiger charge is -2.10. The Hall–Kier alpha value is -3.67. The van der Waals surface area contributed by atoms with E-state index in [1.807, 2.05) is 13.0 Å². The zero-order chi connectivity index (χ0) is 17.1. The Morgan fingerprint density at radius 2 is 2.08 bits per heavy atom. The first-order valence-corrected chi connectivity index (χ1v) is 6.80. The van der Waals surface area contributed by atoms with Crippen LogP contribution in [0.2, 0.25) is 0 Å². The molecule has 0 amide bonds. The van der Waals surface area contributed by atoms with Crippen molar-refractivity contribution in [3.8, 4) is 11.8 Å². The molecule has 0 radical (unpaired) electrons. The van der Waals surface area contributed by atoms with Crippen LogP contribution in [0.25, 0.3) is 5.69 Å². The Labute approximate surface area is 136 Å². The molecule has 3 aromatic heterocycles. The predicted octanol–water partition coefficient (Wildman–Crippen LogP) is 2.45. The van der Waals surface area contributed by atoms with Crippen molar-refractivity contribution in [3.63, 3.8) is 0 Å². The second-order valence-corrected chi connectivity index (χ2v) is 4.73. The summed E-state index contributed by atoms with van der Waals surface area (Å²) in [5.41, 5.74) is 1.96. The first kappa shape index (κ1) is 15.2. The molecule has 3 rings (SSSR count).